The van der Waals surface area contributed by atoms with Crippen molar-refractivity contribution in [3.05, 3.63) is 58.7 Å². The first kappa shape index (κ1) is 39.7. The lowest BCUT2D eigenvalue weighted by Crippen LogP contribution is -2.18. The van der Waals surface area contributed by atoms with E-state index in [-0.39, 0.29) is 49.7 Å². The number of hydrogen-bond donors (Lipinski definition) is 5. The van der Waals surface area contributed by atoms with Crippen LogP contribution in [-0.2, 0) is 58.4 Å². The van der Waals surface area contributed by atoms with Crippen molar-refractivity contribution in [3.8, 4) is 57.5 Å². The molecule has 2 aliphatic rings. The number of aromatic hydroxyl groups is 5. The van der Waals surface area contributed by atoms with E-state index in [2.05, 4.69) is 0 Å². The van der Waals surface area contributed by atoms with E-state index in [9.17, 15) is 57.9 Å². The lowest BCUT2D eigenvalue weighted by molar-refractivity contribution is -0.135. The van der Waals surface area contributed by atoms with Crippen LogP contribution in [0.1, 0.15) is 56.9 Å². The molecule has 0 saturated carbocycles. The number of rotatable bonds is 5. The lowest BCUT2D eigenvalue weighted by atomic mass is 10.0. The molecule has 55 heavy (non-hydrogen) atoms. The molecule has 0 bridgehead atoms. The zero-order valence-electron chi connectivity index (χ0n) is 29.3. The van der Waals surface area contributed by atoms with Crippen LogP contribution < -0.4 is 23.7 Å². The zero-order valence-corrected chi connectivity index (χ0v) is 31.0. The monoisotopic (exact) mass is 798 g/mol. The number of carbonyl (C=O) groups excluding carboxylic acids is 5. The first-order chi connectivity index (χ1) is 25.8. The summed E-state index contributed by atoms with van der Waals surface area (Å²) in [6.07, 6.45) is 0.263. The van der Waals surface area contributed by atoms with E-state index in [1.165, 1.54) is 36.4 Å². The summed E-state index contributed by atoms with van der Waals surface area (Å²) in [4.78, 5) is 58.5. The molecule has 0 radical (unpaired) electrons. The average Bonchev–Trinajstić information content (AvgIpc) is 3.07. The van der Waals surface area contributed by atoms with Gasteiger partial charge >= 0.3 is 29.8 Å². The van der Waals surface area contributed by atoms with Crippen molar-refractivity contribution in [3.63, 3.8) is 0 Å². The summed E-state index contributed by atoms with van der Waals surface area (Å²) in [6.45, 7) is 5.53. The van der Waals surface area contributed by atoms with Crippen LogP contribution >= 0.6 is 0 Å². The minimum Gasteiger partial charge on any atom is -0.504 e. The smallest absolute Gasteiger partial charge is 0.308 e. The van der Waals surface area contributed by atoms with Crippen LogP contribution in [0.25, 0.3) is 0 Å². The Morgan fingerprint density at radius 2 is 0.891 bits per heavy atom. The normalized spacial score (nSPS) is 14.6. The van der Waals surface area contributed by atoms with E-state index < -0.39 is 91.7 Å². The van der Waals surface area contributed by atoms with Gasteiger partial charge in [0.1, 0.15) is 0 Å². The Balaban J connectivity index is 0.000000244. The van der Waals surface area contributed by atoms with E-state index >= 15 is 0 Å². The number of fused-ring (bicyclic) bond motifs is 4. The second-order valence-corrected chi connectivity index (χ2v) is 14.5. The third kappa shape index (κ3) is 7.92. The van der Waals surface area contributed by atoms with Crippen LogP contribution in [0.2, 0.25) is 0 Å². The van der Waals surface area contributed by atoms with E-state index in [0.29, 0.717) is 22.3 Å². The summed E-state index contributed by atoms with van der Waals surface area (Å²) in [5, 5.41) is 48.1. The number of benzene rings is 4. The van der Waals surface area contributed by atoms with Crippen LogP contribution in [0.5, 0.6) is 57.5 Å². The Labute approximate surface area is 315 Å². The highest BCUT2D eigenvalue weighted by Crippen LogP contribution is 2.52. The Morgan fingerprint density at radius 3 is 1.47 bits per heavy atom. The van der Waals surface area contributed by atoms with E-state index in [1.807, 2.05) is 0 Å². The average molecular weight is 799 g/mol. The molecule has 4 aromatic rings. The van der Waals surface area contributed by atoms with Gasteiger partial charge in [-0.15, -0.1) is 0 Å². The SMILES string of the molecule is CC(=O)Oc1cc2c(c(OC(C)=O)c1OC(C)=O)S(=O)c1c(ccc(OC(C)=O)c1OC(C)=O)C2.O=S1c2c(ccc(O)c2O)Cc2cc(O)c(O)c(O)c21. The second-order valence-electron chi connectivity index (χ2n) is 11.8. The fourth-order valence-corrected chi connectivity index (χ4v) is 8.75. The highest BCUT2D eigenvalue weighted by molar-refractivity contribution is 7.85. The molecule has 0 fully saturated rings. The van der Waals surface area contributed by atoms with Gasteiger partial charge in [0.25, 0.3) is 0 Å². The molecule has 0 aliphatic carbocycles. The summed E-state index contributed by atoms with van der Waals surface area (Å²) in [6, 6.07) is 8.25. The number of esters is 5. The van der Waals surface area contributed by atoms with Gasteiger partial charge in [0.05, 0.1) is 41.2 Å². The highest BCUT2D eigenvalue weighted by Gasteiger charge is 2.37. The van der Waals surface area contributed by atoms with Crippen molar-refractivity contribution in [1.82, 2.24) is 0 Å². The maximum absolute atomic E-state index is 13.9. The van der Waals surface area contributed by atoms with Gasteiger partial charge in [-0.05, 0) is 46.5 Å². The third-order valence-electron chi connectivity index (χ3n) is 7.62. The minimum absolute atomic E-state index is 0.00195. The quantitative estimate of drug-likeness (QED) is 0.0946. The van der Waals surface area contributed by atoms with Crippen molar-refractivity contribution in [2.24, 2.45) is 0 Å². The molecule has 2 heterocycles. The molecule has 0 saturated heterocycles. The van der Waals surface area contributed by atoms with Gasteiger partial charge in [-0.25, -0.2) is 8.42 Å². The molecule has 5 N–H and O–H groups in total. The van der Waals surface area contributed by atoms with Gasteiger partial charge in [0.2, 0.25) is 11.5 Å². The molecular weight excluding hydrogens is 769 g/mol. The molecule has 0 aromatic heterocycles. The summed E-state index contributed by atoms with van der Waals surface area (Å²) in [5.41, 5.74) is 1.66. The fraction of sp³-hybridized carbons (Fsp3) is 0.194. The molecule has 4 aromatic carbocycles. The van der Waals surface area contributed by atoms with Crippen molar-refractivity contribution in [2.45, 2.75) is 67.0 Å². The van der Waals surface area contributed by atoms with Gasteiger partial charge < -0.3 is 49.2 Å². The zero-order chi connectivity index (χ0) is 40.6. The molecule has 17 nitrogen and oxygen atoms in total. The first-order valence-electron chi connectivity index (χ1n) is 15.7. The van der Waals surface area contributed by atoms with Crippen molar-refractivity contribution in [1.29, 1.82) is 0 Å². The Kier molecular flexibility index (Phi) is 11.2. The van der Waals surface area contributed by atoms with E-state index in [1.54, 1.807) is 0 Å². The number of phenols is 5. The molecule has 6 rings (SSSR count). The minimum atomic E-state index is -2.19. The highest BCUT2D eigenvalue weighted by atomic mass is 32.2. The molecule has 19 heteroatoms. The molecule has 0 amide bonds. The number of carbonyl (C=O) groups is 5. The lowest BCUT2D eigenvalue weighted by Gasteiger charge is -2.25. The van der Waals surface area contributed by atoms with Gasteiger partial charge in [-0.2, -0.15) is 0 Å². The van der Waals surface area contributed by atoms with Crippen LogP contribution in [0.4, 0.5) is 0 Å². The predicted molar refractivity (Wildman–Crippen MR) is 186 cm³/mol. The number of hydrogen-bond acceptors (Lipinski definition) is 17. The largest absolute Gasteiger partial charge is 0.504 e. The third-order valence-corrected chi connectivity index (χ3v) is 10.9. The molecular formula is C36H30O17S2. The maximum atomic E-state index is 13.9. The van der Waals surface area contributed by atoms with Gasteiger partial charge in [0, 0.05) is 47.5 Å². The number of phenolic OH excluding ortho intramolecular Hbond substituents is 5. The first-order valence-corrected chi connectivity index (χ1v) is 18.0. The topological polar surface area (TPSA) is 267 Å². The van der Waals surface area contributed by atoms with Crippen LogP contribution in [-0.4, -0.2) is 63.8 Å². The van der Waals surface area contributed by atoms with Crippen molar-refractivity contribution in [2.75, 3.05) is 0 Å². The van der Waals surface area contributed by atoms with Crippen LogP contribution in [0, 0.1) is 0 Å². The second kappa shape index (κ2) is 15.5. The summed E-state index contributed by atoms with van der Waals surface area (Å²) >= 11 is 0. The summed E-state index contributed by atoms with van der Waals surface area (Å²) in [7, 11) is -4.17. The van der Waals surface area contributed by atoms with Crippen molar-refractivity contribution >= 4 is 51.4 Å². The molecule has 2 unspecified atom stereocenters. The summed E-state index contributed by atoms with van der Waals surface area (Å²) in [5.74, 6) is -8.21. The summed E-state index contributed by atoms with van der Waals surface area (Å²) < 4.78 is 52.3. The molecule has 2 aliphatic heterocycles. The number of ether oxygens (including phenoxy) is 5. The molecule has 0 spiro atoms. The van der Waals surface area contributed by atoms with Gasteiger partial charge in [0.15, 0.2) is 46.0 Å². The Hall–Kier alpha value is -6.47. The standard InChI is InChI=1S/C23H20O11S.C13H10O6S/c1-10(24)30-17-7-6-15-8-16-9-18(31-11(2)25)19(32-12(3)26)21(34-14(5)28)23(16)35(29)22(15)20(17)33-13(4)27;14-7-2-1-5-3-6-4-8(15)9(16)11(18)13(6)20(19)12(5)10(7)17/h6-7,9H,8H2,1-5H3;1-2,4,14-18H,3H2. The maximum Gasteiger partial charge on any atom is 0.308 e. The Bertz CT molecular complexity index is 2400. The predicted octanol–water partition coefficient (Wildman–Crippen LogP) is 3.67. The van der Waals surface area contributed by atoms with E-state index in [4.69, 9.17) is 23.7 Å². The Morgan fingerprint density at radius 1 is 0.455 bits per heavy atom. The van der Waals surface area contributed by atoms with Gasteiger partial charge in [-0.1, -0.05) is 12.1 Å². The van der Waals surface area contributed by atoms with Crippen LogP contribution in [0.3, 0.4) is 0 Å². The molecule has 2 atom stereocenters. The van der Waals surface area contributed by atoms with Crippen molar-refractivity contribution < 1.29 is 81.6 Å². The van der Waals surface area contributed by atoms with E-state index in [0.717, 1.165) is 34.6 Å². The molecule has 288 valence electrons. The van der Waals surface area contributed by atoms with Gasteiger partial charge in [-0.3, -0.25) is 24.0 Å². The fourth-order valence-electron chi connectivity index (χ4n) is 5.68. The van der Waals surface area contributed by atoms with Crippen LogP contribution in [0.15, 0.2) is 56.0 Å².